The van der Waals surface area contributed by atoms with Crippen LogP contribution in [0.1, 0.15) is 11.1 Å². The van der Waals surface area contributed by atoms with E-state index < -0.39 is 0 Å². The highest BCUT2D eigenvalue weighted by Crippen LogP contribution is 2.28. The summed E-state index contributed by atoms with van der Waals surface area (Å²) >= 11 is 3.51. The summed E-state index contributed by atoms with van der Waals surface area (Å²) < 4.78 is 7.00. The Hall–Kier alpha value is -4.08. The number of rotatable bonds is 6. The summed E-state index contributed by atoms with van der Waals surface area (Å²) in [4.78, 5) is 17.2. The number of anilines is 1. The molecule has 4 aromatic rings. The van der Waals surface area contributed by atoms with Crippen molar-refractivity contribution in [1.29, 1.82) is 5.26 Å². The molecule has 184 valence electrons. The van der Waals surface area contributed by atoms with Crippen LogP contribution in [-0.2, 0) is 11.4 Å². The van der Waals surface area contributed by atoms with E-state index in [0.29, 0.717) is 31.0 Å². The van der Waals surface area contributed by atoms with Crippen molar-refractivity contribution in [1.82, 2.24) is 4.90 Å². The summed E-state index contributed by atoms with van der Waals surface area (Å²) in [7, 11) is 0. The highest BCUT2D eigenvalue weighted by Gasteiger charge is 2.24. The Labute approximate surface area is 225 Å². The number of para-hydroxylation sites is 1. The number of carbonyl (C=O) groups excluding carboxylic acids is 1. The maximum Gasteiger partial charge on any atom is 0.264 e. The summed E-state index contributed by atoms with van der Waals surface area (Å²) in [5.41, 5.74) is 2.97. The van der Waals surface area contributed by atoms with Crippen LogP contribution in [0.15, 0.2) is 101 Å². The lowest BCUT2D eigenvalue weighted by Gasteiger charge is -2.36. The lowest BCUT2D eigenvalue weighted by Crippen LogP contribution is -2.49. The molecule has 1 saturated heterocycles. The van der Waals surface area contributed by atoms with E-state index >= 15 is 0 Å². The van der Waals surface area contributed by atoms with Crippen molar-refractivity contribution in [3.8, 4) is 11.8 Å². The van der Waals surface area contributed by atoms with E-state index in [1.807, 2.05) is 48.5 Å². The highest BCUT2D eigenvalue weighted by molar-refractivity contribution is 9.10. The highest BCUT2D eigenvalue weighted by atomic mass is 79.9. The molecule has 37 heavy (non-hydrogen) atoms. The molecule has 0 spiro atoms. The first-order chi connectivity index (χ1) is 18.1. The van der Waals surface area contributed by atoms with E-state index in [4.69, 9.17) is 4.74 Å². The van der Waals surface area contributed by atoms with Gasteiger partial charge in [0.1, 0.15) is 24.0 Å². The number of benzene rings is 4. The fourth-order valence-electron chi connectivity index (χ4n) is 4.53. The standard InChI is InChI=1S/C31H26BrN3O2/c32-28-12-13-30(37-22-23-10-11-24-6-4-5-7-25(24)18-23)26(20-28)19-27(21-33)31(36)35-16-14-34(15-17-35)29-8-2-1-3-9-29/h1-13,18-20H,14-17,22H2/b27-19-. The van der Waals surface area contributed by atoms with Gasteiger partial charge in [0.05, 0.1) is 0 Å². The van der Waals surface area contributed by atoms with Gasteiger partial charge in [0.2, 0.25) is 0 Å². The normalized spacial score (nSPS) is 13.9. The third kappa shape index (κ3) is 5.84. The zero-order valence-corrected chi connectivity index (χ0v) is 21.9. The molecule has 5 rings (SSSR count). The first-order valence-electron chi connectivity index (χ1n) is 12.2. The van der Waals surface area contributed by atoms with Crippen molar-refractivity contribution in [3.05, 3.63) is 112 Å². The molecule has 0 N–H and O–H groups in total. The number of ether oxygens (including phenoxy) is 1. The van der Waals surface area contributed by atoms with Gasteiger partial charge in [0.15, 0.2) is 0 Å². The predicted octanol–water partition coefficient (Wildman–Crippen LogP) is 6.44. The molecular weight excluding hydrogens is 526 g/mol. The van der Waals surface area contributed by atoms with Gasteiger partial charge >= 0.3 is 0 Å². The Morgan fingerprint density at radius 2 is 1.62 bits per heavy atom. The van der Waals surface area contributed by atoms with Crippen molar-refractivity contribution in [2.24, 2.45) is 0 Å². The third-order valence-corrected chi connectivity index (χ3v) is 7.01. The van der Waals surface area contributed by atoms with Crippen LogP contribution in [-0.4, -0.2) is 37.0 Å². The number of nitrogens with zero attached hydrogens (tertiary/aromatic N) is 3. The molecule has 0 atom stereocenters. The van der Waals surface area contributed by atoms with Gasteiger partial charge in [-0.25, -0.2) is 0 Å². The quantitative estimate of drug-likeness (QED) is 0.204. The minimum absolute atomic E-state index is 0.0989. The number of hydrogen-bond donors (Lipinski definition) is 0. The van der Waals surface area contributed by atoms with Gasteiger partial charge in [-0.15, -0.1) is 0 Å². The monoisotopic (exact) mass is 551 g/mol. The van der Waals surface area contributed by atoms with E-state index in [9.17, 15) is 10.1 Å². The molecule has 1 aliphatic rings. The SMILES string of the molecule is N#C/C(=C/c1cc(Br)ccc1OCc1ccc2ccccc2c1)C(=O)N1CCN(c2ccccc2)CC1. The molecule has 5 nitrogen and oxygen atoms in total. The lowest BCUT2D eigenvalue weighted by atomic mass is 10.1. The van der Waals surface area contributed by atoms with Gasteiger partial charge in [-0.1, -0.05) is 70.5 Å². The number of hydrogen-bond acceptors (Lipinski definition) is 4. The molecule has 1 amide bonds. The molecule has 0 radical (unpaired) electrons. The van der Waals surface area contributed by atoms with Crippen LogP contribution in [0.3, 0.4) is 0 Å². The molecular formula is C31H26BrN3O2. The second-order valence-electron chi connectivity index (χ2n) is 8.94. The Bertz CT molecular complexity index is 1490. The van der Waals surface area contributed by atoms with Crippen molar-refractivity contribution in [3.63, 3.8) is 0 Å². The molecule has 0 aromatic heterocycles. The number of carbonyl (C=O) groups is 1. The Balaban J connectivity index is 1.30. The van der Waals surface area contributed by atoms with E-state index in [-0.39, 0.29) is 11.5 Å². The summed E-state index contributed by atoms with van der Waals surface area (Å²) in [5, 5.41) is 12.2. The van der Waals surface area contributed by atoms with E-state index in [1.165, 1.54) is 5.39 Å². The molecule has 0 bridgehead atoms. The third-order valence-electron chi connectivity index (χ3n) is 6.52. The van der Waals surface area contributed by atoms with Gasteiger partial charge in [0, 0.05) is 41.9 Å². The van der Waals surface area contributed by atoms with Crippen molar-refractivity contribution < 1.29 is 9.53 Å². The average molecular weight is 552 g/mol. The number of nitriles is 1. The van der Waals surface area contributed by atoms with Gasteiger partial charge in [-0.2, -0.15) is 5.26 Å². The number of fused-ring (bicyclic) bond motifs is 1. The minimum Gasteiger partial charge on any atom is -0.488 e. The average Bonchev–Trinajstić information content (AvgIpc) is 2.95. The van der Waals surface area contributed by atoms with Crippen LogP contribution in [0, 0.1) is 11.3 Å². The topological polar surface area (TPSA) is 56.6 Å². The summed E-state index contributed by atoms with van der Waals surface area (Å²) in [6.07, 6.45) is 1.63. The van der Waals surface area contributed by atoms with Crippen molar-refractivity contribution in [2.75, 3.05) is 31.1 Å². The molecule has 1 fully saturated rings. The minimum atomic E-state index is -0.254. The van der Waals surface area contributed by atoms with Crippen LogP contribution >= 0.6 is 15.9 Å². The van der Waals surface area contributed by atoms with Crippen LogP contribution < -0.4 is 9.64 Å². The van der Waals surface area contributed by atoms with E-state index in [1.54, 1.807) is 11.0 Å². The van der Waals surface area contributed by atoms with Gasteiger partial charge in [-0.05, 0) is 58.8 Å². The summed E-state index contributed by atoms with van der Waals surface area (Å²) in [6, 6.07) is 32.4. The number of amides is 1. The smallest absolute Gasteiger partial charge is 0.264 e. The summed E-state index contributed by atoms with van der Waals surface area (Å²) in [5.74, 6) is 0.362. The van der Waals surface area contributed by atoms with Gasteiger partial charge in [0.25, 0.3) is 5.91 Å². The lowest BCUT2D eigenvalue weighted by molar-refractivity contribution is -0.126. The second-order valence-corrected chi connectivity index (χ2v) is 9.85. The van der Waals surface area contributed by atoms with Crippen molar-refractivity contribution >= 4 is 44.4 Å². The molecule has 1 heterocycles. The molecule has 1 aliphatic heterocycles. The van der Waals surface area contributed by atoms with Crippen molar-refractivity contribution in [2.45, 2.75) is 6.61 Å². The zero-order valence-electron chi connectivity index (χ0n) is 20.3. The molecule has 0 unspecified atom stereocenters. The second kappa shape index (κ2) is 11.3. The van der Waals surface area contributed by atoms with E-state index in [2.05, 4.69) is 69.4 Å². The van der Waals surface area contributed by atoms with Gasteiger partial charge in [-0.3, -0.25) is 4.79 Å². The first kappa shape index (κ1) is 24.6. The Morgan fingerprint density at radius 1 is 0.892 bits per heavy atom. The fraction of sp³-hybridized carbons (Fsp3) is 0.161. The van der Waals surface area contributed by atoms with Crippen LogP contribution in [0.4, 0.5) is 5.69 Å². The first-order valence-corrected chi connectivity index (χ1v) is 13.0. The number of halogens is 1. The molecule has 4 aromatic carbocycles. The maximum atomic E-state index is 13.2. The largest absolute Gasteiger partial charge is 0.488 e. The Morgan fingerprint density at radius 3 is 2.38 bits per heavy atom. The van der Waals surface area contributed by atoms with Crippen LogP contribution in [0.25, 0.3) is 16.8 Å². The van der Waals surface area contributed by atoms with E-state index in [0.717, 1.165) is 34.2 Å². The molecule has 0 saturated carbocycles. The number of piperazine rings is 1. The molecule has 6 heteroatoms. The summed E-state index contributed by atoms with van der Waals surface area (Å²) in [6.45, 7) is 2.97. The Kier molecular flexibility index (Phi) is 7.53. The fourth-order valence-corrected chi connectivity index (χ4v) is 4.91. The van der Waals surface area contributed by atoms with Crippen LogP contribution in [0.5, 0.6) is 5.75 Å². The van der Waals surface area contributed by atoms with Gasteiger partial charge < -0.3 is 14.5 Å². The van der Waals surface area contributed by atoms with Crippen LogP contribution in [0.2, 0.25) is 0 Å². The zero-order chi connectivity index (χ0) is 25.6. The molecule has 0 aliphatic carbocycles. The maximum absolute atomic E-state index is 13.2. The predicted molar refractivity (Wildman–Crippen MR) is 151 cm³/mol.